The predicted octanol–water partition coefficient (Wildman–Crippen LogP) is 0.416. The molecule has 0 saturated carbocycles. The molecule has 1 atom stereocenters. The zero-order chi connectivity index (χ0) is 9.84. The van der Waals surface area contributed by atoms with E-state index >= 15 is 0 Å². The van der Waals surface area contributed by atoms with Crippen LogP contribution in [0.15, 0.2) is 4.99 Å². The van der Waals surface area contributed by atoms with Crippen LogP contribution in [-0.2, 0) is 0 Å². The largest absolute Gasteiger partial charge is 0.465 e. The molecule has 0 aromatic rings. The maximum atomic E-state index is 10.5. The van der Waals surface area contributed by atoms with Gasteiger partial charge in [0.1, 0.15) is 0 Å². The highest BCUT2D eigenvalue weighted by molar-refractivity contribution is 8.13. The van der Waals surface area contributed by atoms with Crippen molar-refractivity contribution >= 4 is 23.0 Å². The second-order valence-corrected chi connectivity index (χ2v) is 3.67. The number of aliphatic imine (C=N–C) groups is 1. The highest BCUT2D eigenvalue weighted by Crippen LogP contribution is 2.13. The average Bonchev–Trinajstić information content (AvgIpc) is 2.52. The molecular formula is C7H13N3O2S. The van der Waals surface area contributed by atoms with Gasteiger partial charge in [-0.25, -0.2) is 4.79 Å². The highest BCUT2D eigenvalue weighted by Gasteiger charge is 2.25. The van der Waals surface area contributed by atoms with Gasteiger partial charge in [-0.05, 0) is 12.7 Å². The second-order valence-electron chi connectivity index (χ2n) is 2.84. The van der Waals surface area contributed by atoms with Gasteiger partial charge in [-0.2, -0.15) is 0 Å². The molecule has 6 heteroatoms. The number of nitrogens with zero attached hydrogens (tertiary/aromatic N) is 2. The molecular weight excluding hydrogens is 190 g/mol. The Morgan fingerprint density at radius 1 is 1.77 bits per heavy atom. The van der Waals surface area contributed by atoms with Crippen LogP contribution >= 0.6 is 11.8 Å². The normalized spacial score (nSPS) is 23.6. The van der Waals surface area contributed by atoms with Crippen LogP contribution < -0.4 is 5.73 Å². The van der Waals surface area contributed by atoms with Crippen molar-refractivity contribution in [3.8, 4) is 0 Å². The summed E-state index contributed by atoms with van der Waals surface area (Å²) in [5, 5.41) is 9.19. The van der Waals surface area contributed by atoms with E-state index in [1.54, 1.807) is 0 Å². The molecule has 1 aliphatic rings. The van der Waals surface area contributed by atoms with Gasteiger partial charge in [-0.1, -0.05) is 11.8 Å². The van der Waals surface area contributed by atoms with Crippen LogP contribution in [0, 0.1) is 0 Å². The number of hydrogen-bond acceptors (Lipinski definition) is 3. The molecule has 0 spiro atoms. The number of amides is 1. The second kappa shape index (κ2) is 4.36. The van der Waals surface area contributed by atoms with E-state index in [0.29, 0.717) is 18.3 Å². The Balaban J connectivity index is 2.46. The van der Waals surface area contributed by atoms with Crippen molar-refractivity contribution < 1.29 is 9.90 Å². The van der Waals surface area contributed by atoms with Crippen LogP contribution in [0.1, 0.15) is 6.42 Å². The van der Waals surface area contributed by atoms with Crippen molar-refractivity contribution in [2.45, 2.75) is 12.5 Å². The number of thioether (sulfide) groups is 1. The first kappa shape index (κ1) is 10.2. The topological polar surface area (TPSA) is 78.9 Å². The van der Waals surface area contributed by atoms with Gasteiger partial charge >= 0.3 is 6.09 Å². The summed E-state index contributed by atoms with van der Waals surface area (Å²) in [5.74, 6) is 0. The van der Waals surface area contributed by atoms with E-state index in [4.69, 9.17) is 10.8 Å². The molecule has 0 aromatic heterocycles. The summed E-state index contributed by atoms with van der Waals surface area (Å²) in [4.78, 5) is 16.1. The van der Waals surface area contributed by atoms with Gasteiger partial charge in [-0.3, -0.25) is 4.99 Å². The van der Waals surface area contributed by atoms with E-state index in [2.05, 4.69) is 4.99 Å². The molecule has 3 N–H and O–H groups in total. The molecule has 1 amide bonds. The fourth-order valence-corrected chi connectivity index (χ4v) is 1.51. The maximum absolute atomic E-state index is 10.5. The molecule has 1 heterocycles. The molecule has 1 aliphatic heterocycles. The standard InChI is InChI=1S/C7H13N3O2S/c1-13-6(8)9-5-2-3-10(4-5)7(11)12/h5H,2-4H2,1H3,(H2,8,9)(H,11,12). The van der Waals surface area contributed by atoms with Gasteiger partial charge in [0.2, 0.25) is 0 Å². The number of rotatable bonds is 1. The molecule has 74 valence electrons. The molecule has 0 radical (unpaired) electrons. The Hall–Kier alpha value is -0.910. The van der Waals surface area contributed by atoms with Crippen molar-refractivity contribution in [1.82, 2.24) is 4.90 Å². The smallest absolute Gasteiger partial charge is 0.407 e. The van der Waals surface area contributed by atoms with Gasteiger partial charge in [0.05, 0.1) is 6.04 Å². The van der Waals surface area contributed by atoms with E-state index in [9.17, 15) is 4.79 Å². The lowest BCUT2D eigenvalue weighted by atomic mass is 10.3. The quantitative estimate of drug-likeness (QED) is 0.478. The zero-order valence-corrected chi connectivity index (χ0v) is 8.25. The van der Waals surface area contributed by atoms with Gasteiger partial charge < -0.3 is 15.7 Å². The van der Waals surface area contributed by atoms with Crippen LogP contribution in [0.3, 0.4) is 0 Å². The fourth-order valence-electron chi connectivity index (χ4n) is 1.25. The van der Waals surface area contributed by atoms with E-state index in [0.717, 1.165) is 6.42 Å². The first-order chi connectivity index (χ1) is 6.13. The predicted molar refractivity (Wildman–Crippen MR) is 53.1 cm³/mol. The Kier molecular flexibility index (Phi) is 3.41. The van der Waals surface area contributed by atoms with Crippen LogP contribution in [0.4, 0.5) is 4.79 Å². The Labute approximate surface area is 81.0 Å². The van der Waals surface area contributed by atoms with Gasteiger partial charge in [0.15, 0.2) is 5.17 Å². The Morgan fingerprint density at radius 3 is 2.92 bits per heavy atom. The first-order valence-electron chi connectivity index (χ1n) is 3.98. The average molecular weight is 203 g/mol. The highest BCUT2D eigenvalue weighted by atomic mass is 32.2. The van der Waals surface area contributed by atoms with E-state index in [-0.39, 0.29) is 6.04 Å². The lowest BCUT2D eigenvalue weighted by Crippen LogP contribution is -2.27. The SMILES string of the molecule is CSC(N)=NC1CCN(C(=O)O)C1. The van der Waals surface area contributed by atoms with Crippen molar-refractivity contribution in [2.75, 3.05) is 19.3 Å². The molecule has 0 aromatic carbocycles. The van der Waals surface area contributed by atoms with Crippen LogP contribution in [0.2, 0.25) is 0 Å². The van der Waals surface area contributed by atoms with Crippen molar-refractivity contribution in [2.24, 2.45) is 10.7 Å². The Bertz CT molecular complexity index is 232. The minimum Gasteiger partial charge on any atom is -0.465 e. The maximum Gasteiger partial charge on any atom is 0.407 e. The van der Waals surface area contributed by atoms with Gasteiger partial charge in [-0.15, -0.1) is 0 Å². The van der Waals surface area contributed by atoms with Gasteiger partial charge in [0, 0.05) is 13.1 Å². The number of amidine groups is 1. The molecule has 0 aliphatic carbocycles. The third-order valence-corrected chi connectivity index (χ3v) is 2.48. The van der Waals surface area contributed by atoms with E-state index in [1.165, 1.54) is 16.7 Å². The summed E-state index contributed by atoms with van der Waals surface area (Å²) >= 11 is 1.38. The summed E-state index contributed by atoms with van der Waals surface area (Å²) in [6.07, 6.45) is 1.75. The number of carboxylic acid groups (broad SMARTS) is 1. The third kappa shape index (κ3) is 2.80. The molecule has 1 rings (SSSR count). The number of hydrogen-bond donors (Lipinski definition) is 2. The molecule has 1 fully saturated rings. The summed E-state index contributed by atoms with van der Waals surface area (Å²) in [5.41, 5.74) is 5.52. The van der Waals surface area contributed by atoms with Crippen LogP contribution in [0.25, 0.3) is 0 Å². The lowest BCUT2D eigenvalue weighted by Gasteiger charge is -2.09. The van der Waals surface area contributed by atoms with E-state index < -0.39 is 6.09 Å². The minimum atomic E-state index is -0.875. The zero-order valence-electron chi connectivity index (χ0n) is 7.43. The summed E-state index contributed by atoms with van der Waals surface area (Å²) in [7, 11) is 0. The molecule has 1 saturated heterocycles. The van der Waals surface area contributed by atoms with Crippen LogP contribution in [0.5, 0.6) is 0 Å². The van der Waals surface area contributed by atoms with Crippen molar-refractivity contribution in [1.29, 1.82) is 0 Å². The summed E-state index contributed by atoms with van der Waals surface area (Å²) in [6, 6.07) is 0.0450. The molecule has 1 unspecified atom stereocenters. The monoisotopic (exact) mass is 203 g/mol. The third-order valence-electron chi connectivity index (χ3n) is 1.95. The number of carbonyl (C=O) groups is 1. The number of nitrogens with two attached hydrogens (primary N) is 1. The van der Waals surface area contributed by atoms with E-state index in [1.807, 2.05) is 6.26 Å². The van der Waals surface area contributed by atoms with Crippen molar-refractivity contribution in [3.05, 3.63) is 0 Å². The molecule has 0 bridgehead atoms. The minimum absolute atomic E-state index is 0.0450. The summed E-state index contributed by atoms with van der Waals surface area (Å²) in [6.45, 7) is 1.03. The van der Waals surface area contributed by atoms with Crippen molar-refractivity contribution in [3.63, 3.8) is 0 Å². The Morgan fingerprint density at radius 2 is 2.46 bits per heavy atom. The summed E-state index contributed by atoms with van der Waals surface area (Å²) < 4.78 is 0. The van der Waals surface area contributed by atoms with Crippen LogP contribution in [-0.4, -0.2) is 46.7 Å². The number of likely N-dealkylation sites (tertiary alicyclic amines) is 1. The van der Waals surface area contributed by atoms with Gasteiger partial charge in [0.25, 0.3) is 0 Å². The fraction of sp³-hybridized carbons (Fsp3) is 0.714. The molecule has 5 nitrogen and oxygen atoms in total. The molecule has 13 heavy (non-hydrogen) atoms. The lowest BCUT2D eigenvalue weighted by molar-refractivity contribution is 0.155. The first-order valence-corrected chi connectivity index (χ1v) is 5.21.